The van der Waals surface area contributed by atoms with Crippen LogP contribution in [-0.4, -0.2) is 59.0 Å². The molecule has 0 N–H and O–H groups in total. The largest absolute Gasteiger partial charge is 0.338 e. The predicted octanol–water partition coefficient (Wildman–Crippen LogP) is 1.13. The van der Waals surface area contributed by atoms with Crippen LogP contribution in [0.4, 0.5) is 0 Å². The van der Waals surface area contributed by atoms with Gasteiger partial charge in [-0.05, 0) is 25.0 Å². The minimum absolute atomic E-state index is 0.0129. The number of ketones is 1. The highest BCUT2D eigenvalue weighted by molar-refractivity contribution is 5.97. The van der Waals surface area contributed by atoms with Gasteiger partial charge in [-0.15, -0.1) is 10.2 Å². The van der Waals surface area contributed by atoms with Gasteiger partial charge in [0.15, 0.2) is 5.82 Å². The van der Waals surface area contributed by atoms with Crippen LogP contribution in [-0.2, 0) is 7.05 Å². The average molecular weight is 365 g/mol. The van der Waals surface area contributed by atoms with E-state index in [0.29, 0.717) is 30.3 Å². The van der Waals surface area contributed by atoms with E-state index in [-0.39, 0.29) is 17.6 Å². The molecule has 3 aromatic heterocycles. The Balaban J connectivity index is 1.47. The smallest absolute Gasteiger partial charge is 0.255 e. The van der Waals surface area contributed by atoms with Crippen LogP contribution in [0.1, 0.15) is 33.8 Å². The first kappa shape index (κ1) is 17.1. The molecule has 1 aliphatic heterocycles. The minimum Gasteiger partial charge on any atom is -0.338 e. The molecule has 1 aliphatic rings. The quantitative estimate of drug-likeness (QED) is 0.643. The fourth-order valence-corrected chi connectivity index (χ4v) is 3.33. The third-order valence-corrected chi connectivity index (χ3v) is 4.80. The van der Waals surface area contributed by atoms with Gasteiger partial charge in [-0.3, -0.25) is 14.2 Å². The summed E-state index contributed by atoms with van der Waals surface area (Å²) in [5.74, 6) is 0.719. The van der Waals surface area contributed by atoms with Gasteiger partial charge in [-0.2, -0.15) is 0 Å². The molecule has 9 nitrogen and oxygen atoms in total. The van der Waals surface area contributed by atoms with Gasteiger partial charge < -0.3 is 9.47 Å². The summed E-state index contributed by atoms with van der Waals surface area (Å²) in [4.78, 5) is 35.7. The number of hydrogen-bond acceptors (Lipinski definition) is 6. The lowest BCUT2D eigenvalue weighted by atomic mass is 9.93. The van der Waals surface area contributed by atoms with E-state index >= 15 is 0 Å². The lowest BCUT2D eigenvalue weighted by molar-refractivity contribution is 0.0632. The van der Waals surface area contributed by atoms with Gasteiger partial charge in [-0.1, -0.05) is 0 Å². The van der Waals surface area contributed by atoms with Crippen LogP contribution >= 0.6 is 0 Å². The van der Waals surface area contributed by atoms with Gasteiger partial charge in [-0.25, -0.2) is 9.97 Å². The summed E-state index contributed by atoms with van der Waals surface area (Å²) in [5.41, 5.74) is 0.497. The first-order chi connectivity index (χ1) is 13.1. The van der Waals surface area contributed by atoms with Crippen LogP contribution in [0.25, 0.3) is 5.82 Å². The van der Waals surface area contributed by atoms with Crippen molar-refractivity contribution in [1.82, 2.24) is 34.2 Å². The molecule has 0 bridgehead atoms. The second-order valence-corrected chi connectivity index (χ2v) is 6.59. The standard InChI is InChI=1S/C18H19N7O2/c1-23-8-6-19-17(23)16(26)14-3-2-7-24(10-14)18(27)13-4-5-15(20-9-13)25-11-21-22-12-25/h4-6,8-9,11-12,14H,2-3,7,10H2,1H3. The van der Waals surface area contributed by atoms with Crippen molar-refractivity contribution in [3.63, 3.8) is 0 Å². The monoisotopic (exact) mass is 365 g/mol. The number of carbonyl (C=O) groups is 2. The number of nitrogens with zero attached hydrogens (tertiary/aromatic N) is 7. The summed E-state index contributed by atoms with van der Waals surface area (Å²) in [5, 5.41) is 7.48. The number of amides is 1. The molecule has 4 rings (SSSR count). The van der Waals surface area contributed by atoms with Crippen LogP contribution in [0.15, 0.2) is 43.4 Å². The van der Waals surface area contributed by atoms with Crippen molar-refractivity contribution >= 4 is 11.7 Å². The highest BCUT2D eigenvalue weighted by atomic mass is 16.2. The lowest BCUT2D eigenvalue weighted by Gasteiger charge is -2.31. The van der Waals surface area contributed by atoms with Gasteiger partial charge in [0, 0.05) is 44.6 Å². The van der Waals surface area contributed by atoms with Crippen molar-refractivity contribution < 1.29 is 9.59 Å². The maximum atomic E-state index is 12.8. The number of likely N-dealkylation sites (tertiary alicyclic amines) is 1. The number of aryl methyl sites for hydroxylation is 1. The molecule has 1 atom stereocenters. The third kappa shape index (κ3) is 3.35. The number of hydrogen-bond donors (Lipinski definition) is 0. The number of Topliss-reactive ketones (excluding diaryl/α,β-unsaturated/α-hetero) is 1. The maximum Gasteiger partial charge on any atom is 0.255 e. The molecule has 1 amide bonds. The van der Waals surface area contributed by atoms with Crippen molar-refractivity contribution in [2.45, 2.75) is 12.8 Å². The summed E-state index contributed by atoms with van der Waals surface area (Å²) >= 11 is 0. The Morgan fingerprint density at radius 3 is 2.63 bits per heavy atom. The van der Waals surface area contributed by atoms with E-state index in [0.717, 1.165) is 12.8 Å². The van der Waals surface area contributed by atoms with Crippen molar-refractivity contribution in [1.29, 1.82) is 0 Å². The van der Waals surface area contributed by atoms with Crippen LogP contribution in [0.2, 0.25) is 0 Å². The van der Waals surface area contributed by atoms with Crippen LogP contribution in [0.3, 0.4) is 0 Å². The zero-order chi connectivity index (χ0) is 18.8. The number of pyridine rings is 1. The van der Waals surface area contributed by atoms with E-state index in [4.69, 9.17) is 0 Å². The third-order valence-electron chi connectivity index (χ3n) is 4.80. The SMILES string of the molecule is Cn1ccnc1C(=O)C1CCCN(C(=O)c2ccc(-n3cnnc3)nc2)C1. The molecular weight excluding hydrogens is 346 g/mol. The minimum atomic E-state index is -0.229. The molecule has 1 saturated heterocycles. The maximum absolute atomic E-state index is 12.8. The fraction of sp³-hybridized carbons (Fsp3) is 0.333. The van der Waals surface area contributed by atoms with E-state index in [9.17, 15) is 9.59 Å². The number of carbonyl (C=O) groups excluding carboxylic acids is 2. The van der Waals surface area contributed by atoms with Crippen molar-refractivity contribution in [3.05, 3.63) is 54.8 Å². The molecular formula is C18H19N7O2. The van der Waals surface area contributed by atoms with E-state index in [2.05, 4.69) is 20.2 Å². The Hall–Kier alpha value is -3.36. The molecule has 0 spiro atoms. The van der Waals surface area contributed by atoms with Gasteiger partial charge >= 0.3 is 0 Å². The predicted molar refractivity (Wildman–Crippen MR) is 95.3 cm³/mol. The molecule has 0 aromatic carbocycles. The molecule has 1 unspecified atom stereocenters. The molecule has 4 heterocycles. The normalized spacial score (nSPS) is 17.1. The lowest BCUT2D eigenvalue weighted by Crippen LogP contribution is -2.42. The van der Waals surface area contributed by atoms with E-state index < -0.39 is 0 Å². The van der Waals surface area contributed by atoms with Crippen molar-refractivity contribution in [2.24, 2.45) is 13.0 Å². The zero-order valence-electron chi connectivity index (χ0n) is 14.9. The Bertz CT molecular complexity index is 947. The summed E-state index contributed by atoms with van der Waals surface area (Å²) in [6.07, 6.45) is 9.55. The molecule has 138 valence electrons. The second-order valence-electron chi connectivity index (χ2n) is 6.59. The van der Waals surface area contributed by atoms with Crippen LogP contribution in [0, 0.1) is 5.92 Å². The summed E-state index contributed by atoms with van der Waals surface area (Å²) in [6.45, 7) is 1.04. The number of imidazole rings is 1. The Labute approximate surface area is 155 Å². The fourth-order valence-electron chi connectivity index (χ4n) is 3.33. The van der Waals surface area contributed by atoms with Gasteiger partial charge in [0.25, 0.3) is 5.91 Å². The molecule has 3 aromatic rings. The second kappa shape index (κ2) is 7.10. The number of aromatic nitrogens is 6. The molecule has 9 heteroatoms. The highest BCUT2D eigenvalue weighted by Gasteiger charge is 2.31. The molecule has 0 saturated carbocycles. The van der Waals surface area contributed by atoms with E-state index in [1.807, 2.05) is 0 Å². The molecule has 0 radical (unpaired) electrons. The summed E-state index contributed by atoms with van der Waals surface area (Å²) in [7, 11) is 1.80. The Morgan fingerprint density at radius 1 is 1.15 bits per heavy atom. The summed E-state index contributed by atoms with van der Waals surface area (Å²) < 4.78 is 3.38. The van der Waals surface area contributed by atoms with Gasteiger partial charge in [0.1, 0.15) is 18.5 Å². The van der Waals surface area contributed by atoms with Crippen LogP contribution < -0.4 is 0 Å². The molecule has 1 fully saturated rings. The van der Waals surface area contributed by atoms with E-state index in [1.54, 1.807) is 64.5 Å². The summed E-state index contributed by atoms with van der Waals surface area (Å²) in [6, 6.07) is 3.48. The van der Waals surface area contributed by atoms with Crippen molar-refractivity contribution in [3.8, 4) is 5.82 Å². The van der Waals surface area contributed by atoms with E-state index in [1.165, 1.54) is 0 Å². The van der Waals surface area contributed by atoms with Crippen LogP contribution in [0.5, 0.6) is 0 Å². The van der Waals surface area contributed by atoms with Gasteiger partial charge in [0.2, 0.25) is 5.78 Å². The molecule has 0 aliphatic carbocycles. The Kier molecular flexibility index (Phi) is 4.49. The first-order valence-electron chi connectivity index (χ1n) is 8.75. The average Bonchev–Trinajstić information content (AvgIpc) is 3.39. The highest BCUT2D eigenvalue weighted by Crippen LogP contribution is 2.22. The number of piperidine rings is 1. The first-order valence-corrected chi connectivity index (χ1v) is 8.75. The topological polar surface area (TPSA) is 98.8 Å². The van der Waals surface area contributed by atoms with Crippen molar-refractivity contribution in [2.75, 3.05) is 13.1 Å². The number of rotatable bonds is 4. The molecule has 27 heavy (non-hydrogen) atoms. The Morgan fingerprint density at radius 2 is 1.96 bits per heavy atom. The van der Waals surface area contributed by atoms with Gasteiger partial charge in [0.05, 0.1) is 5.56 Å². The zero-order valence-corrected chi connectivity index (χ0v) is 14.9.